The van der Waals surface area contributed by atoms with Crippen LogP contribution in [0.15, 0.2) is 48.5 Å². The topological polar surface area (TPSA) is 66.9 Å². The quantitative estimate of drug-likeness (QED) is 0.641. The molecule has 0 unspecified atom stereocenters. The number of halogens is 2. The average molecular weight is 444 g/mol. The number of amides is 2. The Bertz CT molecular complexity index is 972. The lowest BCUT2D eigenvalue weighted by atomic mass is 9.96. The number of esters is 1. The fourth-order valence-electron chi connectivity index (χ4n) is 3.71. The van der Waals surface area contributed by atoms with E-state index in [1.165, 1.54) is 48.2 Å². The Morgan fingerprint density at radius 3 is 2.34 bits per heavy atom. The Morgan fingerprint density at radius 2 is 1.72 bits per heavy atom. The lowest BCUT2D eigenvalue weighted by Crippen LogP contribution is -2.42. The van der Waals surface area contributed by atoms with Gasteiger partial charge in [0.25, 0.3) is 11.8 Å². The molecule has 0 aromatic heterocycles. The monoisotopic (exact) mass is 444 g/mol. The molecule has 0 N–H and O–H groups in total. The summed E-state index contributed by atoms with van der Waals surface area (Å²) in [7, 11) is 1.57. The molecule has 8 heteroatoms. The molecule has 1 saturated heterocycles. The molecule has 2 aromatic rings. The molecule has 2 aromatic carbocycles. The van der Waals surface area contributed by atoms with Gasteiger partial charge < -0.3 is 14.5 Å². The van der Waals surface area contributed by atoms with E-state index in [1.807, 2.05) is 0 Å². The van der Waals surface area contributed by atoms with Crippen molar-refractivity contribution in [3.05, 3.63) is 71.3 Å². The van der Waals surface area contributed by atoms with Crippen molar-refractivity contribution < 1.29 is 27.9 Å². The van der Waals surface area contributed by atoms with Crippen molar-refractivity contribution in [2.24, 2.45) is 5.92 Å². The fourth-order valence-corrected chi connectivity index (χ4v) is 3.71. The molecule has 0 aliphatic carbocycles. The van der Waals surface area contributed by atoms with Gasteiger partial charge in [0, 0.05) is 32.2 Å². The second-order valence-corrected chi connectivity index (χ2v) is 7.98. The zero-order valence-electron chi connectivity index (χ0n) is 18.1. The molecule has 1 atom stereocenters. The van der Waals surface area contributed by atoms with Gasteiger partial charge in [0.1, 0.15) is 11.6 Å². The molecule has 1 aliphatic rings. The molecule has 32 heavy (non-hydrogen) atoms. The van der Waals surface area contributed by atoms with Crippen LogP contribution < -0.4 is 0 Å². The van der Waals surface area contributed by atoms with Gasteiger partial charge in [-0.15, -0.1) is 0 Å². The first-order valence-corrected chi connectivity index (χ1v) is 10.5. The predicted octanol–water partition coefficient (Wildman–Crippen LogP) is 3.41. The molecule has 2 amide bonds. The van der Waals surface area contributed by atoms with E-state index in [9.17, 15) is 23.2 Å². The fraction of sp³-hybridized carbons (Fsp3) is 0.375. The van der Waals surface area contributed by atoms with E-state index in [2.05, 4.69) is 0 Å². The Kier molecular flexibility index (Phi) is 7.56. The summed E-state index contributed by atoms with van der Waals surface area (Å²) in [5.74, 6) is -2.26. The van der Waals surface area contributed by atoms with E-state index < -0.39 is 23.8 Å². The molecular formula is C24H26F2N2O4. The zero-order chi connectivity index (χ0) is 23.3. The maximum atomic E-state index is 13.3. The number of carbonyl (C=O) groups excluding carboxylic acids is 3. The molecule has 0 radical (unpaired) electrons. The van der Waals surface area contributed by atoms with Gasteiger partial charge in [-0.25, -0.2) is 8.78 Å². The van der Waals surface area contributed by atoms with E-state index in [0.29, 0.717) is 37.1 Å². The highest BCUT2D eigenvalue weighted by molar-refractivity contribution is 5.94. The summed E-state index contributed by atoms with van der Waals surface area (Å²) in [6.45, 7) is 2.45. The third-order valence-electron chi connectivity index (χ3n) is 5.53. The van der Waals surface area contributed by atoms with Crippen LogP contribution in [-0.4, -0.2) is 53.8 Å². The van der Waals surface area contributed by atoms with E-state index in [1.54, 1.807) is 24.1 Å². The van der Waals surface area contributed by atoms with Crippen molar-refractivity contribution in [2.45, 2.75) is 32.4 Å². The highest BCUT2D eigenvalue weighted by Gasteiger charge is 2.31. The van der Waals surface area contributed by atoms with Crippen LogP contribution in [0.1, 0.15) is 35.7 Å². The third-order valence-corrected chi connectivity index (χ3v) is 5.53. The maximum absolute atomic E-state index is 13.3. The molecule has 3 rings (SSSR count). The van der Waals surface area contributed by atoms with Crippen molar-refractivity contribution in [2.75, 3.05) is 20.1 Å². The highest BCUT2D eigenvalue weighted by Crippen LogP contribution is 2.21. The summed E-state index contributed by atoms with van der Waals surface area (Å²) in [6, 6.07) is 11.3. The number of hydrogen-bond donors (Lipinski definition) is 0. The second-order valence-electron chi connectivity index (χ2n) is 7.98. The van der Waals surface area contributed by atoms with Crippen molar-refractivity contribution in [1.29, 1.82) is 0 Å². The van der Waals surface area contributed by atoms with Crippen molar-refractivity contribution in [3.8, 4) is 0 Å². The van der Waals surface area contributed by atoms with E-state index in [-0.39, 0.29) is 24.2 Å². The number of likely N-dealkylation sites (tertiary alicyclic amines) is 1. The lowest BCUT2D eigenvalue weighted by Gasteiger charge is -2.31. The van der Waals surface area contributed by atoms with E-state index in [0.717, 1.165) is 0 Å². The van der Waals surface area contributed by atoms with Gasteiger partial charge in [-0.05, 0) is 61.7 Å². The lowest BCUT2D eigenvalue weighted by molar-refractivity contribution is -0.163. The van der Waals surface area contributed by atoms with Crippen LogP contribution in [0, 0.1) is 17.6 Å². The molecule has 1 fully saturated rings. The smallest absolute Gasteiger partial charge is 0.309 e. The van der Waals surface area contributed by atoms with Crippen molar-refractivity contribution >= 4 is 17.8 Å². The van der Waals surface area contributed by atoms with Crippen molar-refractivity contribution in [3.63, 3.8) is 0 Å². The molecule has 170 valence electrons. The second kappa shape index (κ2) is 10.3. The minimum atomic E-state index is -0.972. The van der Waals surface area contributed by atoms with Crippen LogP contribution in [0.2, 0.25) is 0 Å². The first kappa shape index (κ1) is 23.4. The number of hydrogen-bond acceptors (Lipinski definition) is 4. The van der Waals surface area contributed by atoms with Crippen LogP contribution in [-0.2, 0) is 20.9 Å². The van der Waals surface area contributed by atoms with Gasteiger partial charge in [0.2, 0.25) is 0 Å². The minimum Gasteiger partial charge on any atom is -0.452 e. The summed E-state index contributed by atoms with van der Waals surface area (Å²) >= 11 is 0. The number of piperidine rings is 1. The first-order valence-electron chi connectivity index (χ1n) is 10.5. The molecular weight excluding hydrogens is 418 g/mol. The standard InChI is InChI=1S/C24H26F2N2O4/c1-16(22(29)27(2)15-17-4-3-5-21(26)14-17)32-24(31)19-10-12-28(13-11-19)23(30)18-6-8-20(25)9-7-18/h3-9,14,16,19H,10-13,15H2,1-2H3/t16-/m0/s1. The van der Waals surface area contributed by atoms with E-state index in [4.69, 9.17) is 4.74 Å². The summed E-state index contributed by atoms with van der Waals surface area (Å²) in [4.78, 5) is 40.6. The van der Waals surface area contributed by atoms with Crippen LogP contribution in [0.3, 0.4) is 0 Å². The Morgan fingerprint density at radius 1 is 1.06 bits per heavy atom. The van der Waals surface area contributed by atoms with Crippen LogP contribution >= 0.6 is 0 Å². The number of benzene rings is 2. The summed E-state index contributed by atoms with van der Waals surface area (Å²) < 4.78 is 31.8. The van der Waals surface area contributed by atoms with Gasteiger partial charge in [-0.1, -0.05) is 12.1 Å². The van der Waals surface area contributed by atoms with Crippen molar-refractivity contribution in [1.82, 2.24) is 9.80 Å². The van der Waals surface area contributed by atoms with Crippen LogP contribution in [0.5, 0.6) is 0 Å². The molecule has 0 saturated carbocycles. The van der Waals surface area contributed by atoms with E-state index >= 15 is 0 Å². The summed E-state index contributed by atoms with van der Waals surface area (Å²) in [5.41, 5.74) is 1.03. The molecule has 1 heterocycles. The normalized spacial score (nSPS) is 15.2. The van der Waals surface area contributed by atoms with Crippen LogP contribution in [0.4, 0.5) is 8.78 Å². The Labute approximate surface area is 185 Å². The van der Waals surface area contributed by atoms with Gasteiger partial charge in [-0.2, -0.15) is 0 Å². The third kappa shape index (κ3) is 5.90. The maximum Gasteiger partial charge on any atom is 0.309 e. The SMILES string of the molecule is C[C@H](OC(=O)C1CCN(C(=O)c2ccc(F)cc2)CC1)C(=O)N(C)Cc1cccc(F)c1. The predicted molar refractivity (Wildman–Crippen MR) is 113 cm³/mol. The number of ether oxygens (including phenoxy) is 1. The Hall–Kier alpha value is -3.29. The highest BCUT2D eigenvalue weighted by atomic mass is 19.1. The van der Waals surface area contributed by atoms with Gasteiger partial charge in [-0.3, -0.25) is 14.4 Å². The average Bonchev–Trinajstić information content (AvgIpc) is 2.78. The summed E-state index contributed by atoms with van der Waals surface area (Å²) in [6.07, 6.45) is -0.127. The number of rotatable bonds is 6. The van der Waals surface area contributed by atoms with Crippen LogP contribution in [0.25, 0.3) is 0 Å². The number of carbonyl (C=O) groups is 3. The zero-order valence-corrected chi connectivity index (χ0v) is 18.1. The molecule has 0 spiro atoms. The number of likely N-dealkylation sites (N-methyl/N-ethyl adjacent to an activating group) is 1. The minimum absolute atomic E-state index is 0.197. The van der Waals surface area contributed by atoms with Gasteiger partial charge >= 0.3 is 5.97 Å². The largest absolute Gasteiger partial charge is 0.452 e. The summed E-state index contributed by atoms with van der Waals surface area (Å²) in [5, 5.41) is 0. The number of nitrogens with zero attached hydrogens (tertiary/aromatic N) is 2. The molecule has 6 nitrogen and oxygen atoms in total. The molecule has 0 bridgehead atoms. The molecule has 1 aliphatic heterocycles. The first-order chi connectivity index (χ1) is 15.2. The van der Waals surface area contributed by atoms with Gasteiger partial charge in [0.15, 0.2) is 6.10 Å². The Balaban J connectivity index is 1.47. The van der Waals surface area contributed by atoms with Gasteiger partial charge in [0.05, 0.1) is 5.92 Å².